The summed E-state index contributed by atoms with van der Waals surface area (Å²) in [5, 5.41) is 18.2. The summed E-state index contributed by atoms with van der Waals surface area (Å²) in [6.07, 6.45) is 1.88. The van der Waals surface area contributed by atoms with Gasteiger partial charge in [0, 0.05) is 6.20 Å². The normalized spacial score (nSPS) is 12.9. The van der Waals surface area contributed by atoms with Crippen LogP contribution in [0.4, 0.5) is 0 Å². The van der Waals surface area contributed by atoms with Crippen LogP contribution >= 0.6 is 0 Å². The molecular weight excluding hydrogens is 196 g/mol. The highest BCUT2D eigenvalue weighted by Gasteiger charge is 2.15. The van der Waals surface area contributed by atoms with Crippen molar-refractivity contribution >= 4 is 11.6 Å². The number of aliphatic hydroxyl groups is 1. The lowest BCUT2D eigenvalue weighted by molar-refractivity contribution is -0.139. The van der Waals surface area contributed by atoms with Gasteiger partial charge in [0.2, 0.25) is 0 Å². The molecule has 2 N–H and O–H groups in total. The first-order chi connectivity index (χ1) is 7.18. The number of fused-ring (bicyclic) bond motifs is 1. The first-order valence-corrected chi connectivity index (χ1v) is 4.50. The maximum Gasteiger partial charge on any atom is 0.306 e. The lowest BCUT2D eigenvalue weighted by Crippen LogP contribution is -2.07. The van der Waals surface area contributed by atoms with Gasteiger partial charge in [-0.15, -0.1) is 0 Å². The van der Waals surface area contributed by atoms with Crippen molar-refractivity contribution in [2.24, 2.45) is 0 Å². The first kappa shape index (κ1) is 9.67. The molecule has 5 nitrogen and oxygen atoms in total. The smallest absolute Gasteiger partial charge is 0.306 e. The van der Waals surface area contributed by atoms with E-state index in [-0.39, 0.29) is 6.42 Å². The standard InChI is InChI=1S/C10H10N2O3/c13-8(5-10(14)15)7-6-11-9-3-1-2-4-12(7)9/h1-4,6,8,13H,5H2,(H,14,15). The zero-order chi connectivity index (χ0) is 10.8. The summed E-state index contributed by atoms with van der Waals surface area (Å²) in [4.78, 5) is 14.5. The second-order valence-corrected chi connectivity index (χ2v) is 3.23. The van der Waals surface area contributed by atoms with E-state index in [1.165, 1.54) is 6.20 Å². The zero-order valence-electron chi connectivity index (χ0n) is 7.87. The van der Waals surface area contributed by atoms with Crippen LogP contribution in [0.25, 0.3) is 5.65 Å². The van der Waals surface area contributed by atoms with E-state index in [2.05, 4.69) is 4.98 Å². The predicted octanol–water partition coefficient (Wildman–Crippen LogP) is 0.842. The van der Waals surface area contributed by atoms with E-state index in [1.807, 2.05) is 6.07 Å². The maximum absolute atomic E-state index is 10.5. The second kappa shape index (κ2) is 3.70. The average Bonchev–Trinajstić information content (AvgIpc) is 2.59. The Bertz CT molecular complexity index is 492. The van der Waals surface area contributed by atoms with Crippen LogP contribution in [0.3, 0.4) is 0 Å². The van der Waals surface area contributed by atoms with E-state index in [0.29, 0.717) is 11.3 Å². The number of carboxylic acids is 1. The number of rotatable bonds is 3. The van der Waals surface area contributed by atoms with Crippen LogP contribution in [0.2, 0.25) is 0 Å². The number of hydrogen-bond donors (Lipinski definition) is 2. The average molecular weight is 206 g/mol. The van der Waals surface area contributed by atoms with E-state index in [1.54, 1.807) is 22.7 Å². The fraction of sp³-hybridized carbons (Fsp3) is 0.200. The summed E-state index contributed by atoms with van der Waals surface area (Å²) < 4.78 is 1.67. The molecule has 0 fully saturated rings. The molecule has 0 aliphatic rings. The molecule has 1 unspecified atom stereocenters. The summed E-state index contributed by atoms with van der Waals surface area (Å²) >= 11 is 0. The molecule has 2 heterocycles. The van der Waals surface area contributed by atoms with Gasteiger partial charge in [0.05, 0.1) is 18.3 Å². The lowest BCUT2D eigenvalue weighted by Gasteiger charge is -2.06. The Morgan fingerprint density at radius 1 is 1.53 bits per heavy atom. The highest BCUT2D eigenvalue weighted by molar-refractivity contribution is 5.67. The molecule has 0 amide bonds. The van der Waals surface area contributed by atoms with E-state index < -0.39 is 12.1 Å². The summed E-state index contributed by atoms with van der Waals surface area (Å²) in [6.45, 7) is 0. The number of carboxylic acid groups (broad SMARTS) is 1. The molecule has 0 bridgehead atoms. The van der Waals surface area contributed by atoms with Crippen LogP contribution in [0.5, 0.6) is 0 Å². The number of aliphatic carboxylic acids is 1. The number of imidazole rings is 1. The molecule has 2 aromatic heterocycles. The molecule has 2 rings (SSSR count). The van der Waals surface area contributed by atoms with Crippen molar-refractivity contribution in [1.82, 2.24) is 9.38 Å². The highest BCUT2D eigenvalue weighted by atomic mass is 16.4. The number of hydrogen-bond acceptors (Lipinski definition) is 3. The molecule has 0 saturated carbocycles. The molecule has 0 aliphatic carbocycles. The number of aromatic nitrogens is 2. The number of carbonyl (C=O) groups is 1. The molecule has 0 aliphatic heterocycles. The molecule has 2 aromatic rings. The minimum absolute atomic E-state index is 0.317. The summed E-state index contributed by atoms with van der Waals surface area (Å²) in [6, 6.07) is 5.42. The minimum Gasteiger partial charge on any atom is -0.481 e. The first-order valence-electron chi connectivity index (χ1n) is 4.50. The molecule has 15 heavy (non-hydrogen) atoms. The largest absolute Gasteiger partial charge is 0.481 e. The highest BCUT2D eigenvalue weighted by Crippen LogP contribution is 2.17. The van der Waals surface area contributed by atoms with Crippen LogP contribution in [-0.2, 0) is 4.79 Å². The summed E-state index contributed by atoms with van der Waals surface area (Å²) in [7, 11) is 0. The van der Waals surface area contributed by atoms with Crippen molar-refractivity contribution in [3.8, 4) is 0 Å². The van der Waals surface area contributed by atoms with Crippen molar-refractivity contribution in [2.75, 3.05) is 0 Å². The zero-order valence-corrected chi connectivity index (χ0v) is 7.87. The van der Waals surface area contributed by atoms with Gasteiger partial charge in [0.15, 0.2) is 0 Å². The van der Waals surface area contributed by atoms with Crippen molar-refractivity contribution in [3.05, 3.63) is 36.3 Å². The summed E-state index contributed by atoms with van der Waals surface area (Å²) in [5.74, 6) is -1.03. The van der Waals surface area contributed by atoms with Crippen LogP contribution in [0.1, 0.15) is 18.2 Å². The Hall–Kier alpha value is -1.88. The summed E-state index contributed by atoms with van der Waals surface area (Å²) in [5.41, 5.74) is 1.19. The van der Waals surface area contributed by atoms with Crippen LogP contribution in [0.15, 0.2) is 30.6 Å². The van der Waals surface area contributed by atoms with Crippen molar-refractivity contribution in [1.29, 1.82) is 0 Å². The molecule has 0 saturated heterocycles. The van der Waals surface area contributed by atoms with Crippen molar-refractivity contribution < 1.29 is 15.0 Å². The van der Waals surface area contributed by atoms with Gasteiger partial charge in [0.25, 0.3) is 0 Å². The fourth-order valence-electron chi connectivity index (χ4n) is 1.47. The Morgan fingerprint density at radius 3 is 3.07 bits per heavy atom. The van der Waals surface area contributed by atoms with Gasteiger partial charge >= 0.3 is 5.97 Å². The van der Waals surface area contributed by atoms with E-state index in [9.17, 15) is 9.90 Å². The SMILES string of the molecule is O=C(O)CC(O)c1cnc2ccccn12. The van der Waals surface area contributed by atoms with Crippen molar-refractivity contribution in [2.45, 2.75) is 12.5 Å². The van der Waals surface area contributed by atoms with Gasteiger partial charge in [-0.05, 0) is 12.1 Å². The van der Waals surface area contributed by atoms with Crippen molar-refractivity contribution in [3.63, 3.8) is 0 Å². The third-order valence-electron chi connectivity index (χ3n) is 2.16. The topological polar surface area (TPSA) is 74.8 Å². The number of aliphatic hydroxyl groups excluding tert-OH is 1. The Kier molecular flexibility index (Phi) is 2.39. The lowest BCUT2D eigenvalue weighted by atomic mass is 10.2. The Balaban J connectivity index is 2.39. The monoisotopic (exact) mass is 206 g/mol. The van der Waals surface area contributed by atoms with Gasteiger partial charge in [-0.3, -0.25) is 4.79 Å². The van der Waals surface area contributed by atoms with Gasteiger partial charge in [-0.25, -0.2) is 4.98 Å². The molecule has 1 atom stereocenters. The second-order valence-electron chi connectivity index (χ2n) is 3.23. The molecular formula is C10H10N2O3. The molecule has 0 radical (unpaired) electrons. The van der Waals surface area contributed by atoms with Crippen LogP contribution in [-0.4, -0.2) is 25.6 Å². The molecule has 5 heteroatoms. The minimum atomic E-state index is -1.03. The molecule has 0 aromatic carbocycles. The van der Waals surface area contributed by atoms with E-state index in [0.717, 1.165) is 0 Å². The third-order valence-corrected chi connectivity index (χ3v) is 2.16. The Morgan fingerprint density at radius 2 is 2.33 bits per heavy atom. The quantitative estimate of drug-likeness (QED) is 0.780. The van der Waals surface area contributed by atoms with Gasteiger partial charge in [-0.2, -0.15) is 0 Å². The van der Waals surface area contributed by atoms with Crippen LogP contribution < -0.4 is 0 Å². The molecule has 0 spiro atoms. The fourth-order valence-corrected chi connectivity index (χ4v) is 1.47. The third kappa shape index (κ3) is 1.82. The van der Waals surface area contributed by atoms with E-state index in [4.69, 9.17) is 5.11 Å². The van der Waals surface area contributed by atoms with Gasteiger partial charge in [0.1, 0.15) is 11.8 Å². The molecule has 78 valence electrons. The Labute approximate surface area is 85.6 Å². The van der Waals surface area contributed by atoms with Gasteiger partial charge < -0.3 is 14.6 Å². The van der Waals surface area contributed by atoms with Crippen LogP contribution in [0, 0.1) is 0 Å². The maximum atomic E-state index is 10.5. The number of nitrogens with zero attached hydrogens (tertiary/aromatic N) is 2. The predicted molar refractivity (Wildman–Crippen MR) is 52.4 cm³/mol. The van der Waals surface area contributed by atoms with Gasteiger partial charge in [-0.1, -0.05) is 6.07 Å². The van der Waals surface area contributed by atoms with E-state index >= 15 is 0 Å². The number of pyridine rings is 1.